The van der Waals surface area contributed by atoms with Crippen LogP contribution in [0.1, 0.15) is 30.0 Å². The molecule has 0 heterocycles. The molecule has 0 unspecified atom stereocenters. The third-order valence-electron chi connectivity index (χ3n) is 5.02. The first-order valence-electron chi connectivity index (χ1n) is 9.38. The minimum atomic E-state index is -0.955. The van der Waals surface area contributed by atoms with Crippen molar-refractivity contribution in [1.29, 1.82) is 0 Å². The number of carbonyl (C=O) groups is 1. The van der Waals surface area contributed by atoms with Crippen molar-refractivity contribution >= 4 is 23.2 Å². The average molecular weight is 404 g/mol. The molecule has 1 aliphatic rings. The Kier molecular flexibility index (Phi) is 5.19. The predicted molar refractivity (Wildman–Crippen MR) is 112 cm³/mol. The SMILES string of the molecule is CC1=C(CC(=O)O)c2cc(F)ccc2/C1=C/c1ccc(Oc2ccc(F)cc2)cc1. The van der Waals surface area contributed by atoms with Gasteiger partial charge in [0.15, 0.2) is 0 Å². The first-order chi connectivity index (χ1) is 14.4. The maximum atomic E-state index is 13.8. The molecule has 3 aromatic rings. The molecule has 0 aromatic heterocycles. The summed E-state index contributed by atoms with van der Waals surface area (Å²) in [6, 6.07) is 17.6. The summed E-state index contributed by atoms with van der Waals surface area (Å²) >= 11 is 0. The van der Waals surface area contributed by atoms with Gasteiger partial charge < -0.3 is 9.84 Å². The number of rotatable bonds is 5. The number of hydrogen-bond donors (Lipinski definition) is 1. The zero-order valence-corrected chi connectivity index (χ0v) is 16.2. The van der Waals surface area contributed by atoms with E-state index in [0.717, 1.165) is 22.3 Å². The molecular weight excluding hydrogens is 386 g/mol. The second-order valence-corrected chi connectivity index (χ2v) is 7.05. The zero-order chi connectivity index (χ0) is 21.3. The summed E-state index contributed by atoms with van der Waals surface area (Å²) in [7, 11) is 0. The largest absolute Gasteiger partial charge is 0.481 e. The lowest BCUT2D eigenvalue weighted by Crippen LogP contribution is -1.97. The molecule has 0 fully saturated rings. The summed E-state index contributed by atoms with van der Waals surface area (Å²) in [5.74, 6) is -0.536. The van der Waals surface area contributed by atoms with E-state index in [0.29, 0.717) is 22.6 Å². The monoisotopic (exact) mass is 404 g/mol. The van der Waals surface area contributed by atoms with E-state index in [1.54, 1.807) is 30.3 Å². The van der Waals surface area contributed by atoms with Crippen LogP contribution < -0.4 is 4.74 Å². The Labute approximate surface area is 172 Å². The summed E-state index contributed by atoms with van der Waals surface area (Å²) in [6.45, 7) is 1.86. The Morgan fingerprint density at radius 1 is 0.900 bits per heavy atom. The molecule has 0 saturated carbocycles. The number of carboxylic acids is 1. The number of halogens is 2. The lowest BCUT2D eigenvalue weighted by molar-refractivity contribution is -0.135. The van der Waals surface area contributed by atoms with Crippen LogP contribution in [0, 0.1) is 11.6 Å². The lowest BCUT2D eigenvalue weighted by atomic mass is 10.0. The number of allylic oxidation sites excluding steroid dienone is 2. The number of fused-ring (bicyclic) bond motifs is 1. The number of ether oxygens (including phenoxy) is 1. The molecule has 4 rings (SSSR count). The van der Waals surface area contributed by atoms with Crippen molar-refractivity contribution in [2.75, 3.05) is 0 Å². The van der Waals surface area contributed by atoms with E-state index in [1.165, 1.54) is 24.3 Å². The molecule has 3 nitrogen and oxygen atoms in total. The Morgan fingerprint density at radius 2 is 1.50 bits per heavy atom. The average Bonchev–Trinajstić information content (AvgIpc) is 2.96. The number of carboxylic acid groups (broad SMARTS) is 1. The van der Waals surface area contributed by atoms with Gasteiger partial charge in [0.1, 0.15) is 23.1 Å². The summed E-state index contributed by atoms with van der Waals surface area (Å²) < 4.78 is 32.5. The van der Waals surface area contributed by atoms with Crippen LogP contribution in [0.4, 0.5) is 8.78 Å². The highest BCUT2D eigenvalue weighted by molar-refractivity contribution is 6.07. The van der Waals surface area contributed by atoms with E-state index < -0.39 is 11.8 Å². The fourth-order valence-electron chi connectivity index (χ4n) is 3.57. The molecule has 0 saturated heterocycles. The van der Waals surface area contributed by atoms with Crippen molar-refractivity contribution in [3.05, 3.63) is 101 Å². The van der Waals surface area contributed by atoms with Crippen molar-refractivity contribution < 1.29 is 23.4 Å². The summed E-state index contributed by atoms with van der Waals surface area (Å²) in [5, 5.41) is 9.25. The maximum absolute atomic E-state index is 13.8. The van der Waals surface area contributed by atoms with Crippen molar-refractivity contribution in [3.8, 4) is 11.5 Å². The fourth-order valence-corrected chi connectivity index (χ4v) is 3.57. The van der Waals surface area contributed by atoms with E-state index in [4.69, 9.17) is 4.74 Å². The Hall–Kier alpha value is -3.73. The number of aliphatic carboxylic acids is 1. The molecule has 5 heteroatoms. The minimum absolute atomic E-state index is 0.163. The molecule has 0 atom stereocenters. The topological polar surface area (TPSA) is 46.5 Å². The fraction of sp³-hybridized carbons (Fsp3) is 0.0800. The highest BCUT2D eigenvalue weighted by Crippen LogP contribution is 2.43. The van der Waals surface area contributed by atoms with Crippen LogP contribution in [0.2, 0.25) is 0 Å². The summed E-state index contributed by atoms with van der Waals surface area (Å²) in [6.07, 6.45) is 1.78. The van der Waals surface area contributed by atoms with E-state index in [1.807, 2.05) is 25.1 Å². The summed E-state index contributed by atoms with van der Waals surface area (Å²) in [4.78, 5) is 11.3. The van der Waals surface area contributed by atoms with Crippen molar-refractivity contribution in [2.24, 2.45) is 0 Å². The highest BCUT2D eigenvalue weighted by Gasteiger charge is 2.25. The van der Waals surface area contributed by atoms with Gasteiger partial charge in [-0.1, -0.05) is 18.2 Å². The van der Waals surface area contributed by atoms with Gasteiger partial charge in [0, 0.05) is 0 Å². The standard InChI is InChI=1S/C25H18F2O3/c1-15-22(21-11-6-18(27)13-24(21)23(15)14-25(28)29)12-16-2-7-19(8-3-16)30-20-9-4-17(26)5-10-20/h2-13H,14H2,1H3,(H,28,29)/b22-12+. The van der Waals surface area contributed by atoms with Crippen LogP contribution in [0.5, 0.6) is 11.5 Å². The Bertz CT molecular complexity index is 1170. The van der Waals surface area contributed by atoms with Crippen LogP contribution in [0.15, 0.2) is 72.3 Å². The second kappa shape index (κ2) is 7.95. The number of benzene rings is 3. The van der Waals surface area contributed by atoms with Gasteiger partial charge >= 0.3 is 5.97 Å². The molecule has 1 aliphatic carbocycles. The van der Waals surface area contributed by atoms with Gasteiger partial charge in [-0.3, -0.25) is 4.79 Å². The first-order valence-corrected chi connectivity index (χ1v) is 9.38. The van der Waals surface area contributed by atoms with Crippen LogP contribution in [0.25, 0.3) is 17.2 Å². The first kappa shape index (κ1) is 19.6. The molecule has 3 aromatic carbocycles. The molecule has 0 amide bonds. The van der Waals surface area contributed by atoms with Crippen LogP contribution >= 0.6 is 0 Å². The van der Waals surface area contributed by atoms with Crippen LogP contribution in [-0.4, -0.2) is 11.1 Å². The van der Waals surface area contributed by atoms with E-state index >= 15 is 0 Å². The van der Waals surface area contributed by atoms with E-state index in [2.05, 4.69) is 0 Å². The highest BCUT2D eigenvalue weighted by atomic mass is 19.1. The molecule has 150 valence electrons. The second-order valence-electron chi connectivity index (χ2n) is 7.05. The molecule has 0 aliphatic heterocycles. The summed E-state index contributed by atoms with van der Waals surface area (Å²) in [5.41, 5.74) is 4.65. The smallest absolute Gasteiger partial charge is 0.307 e. The van der Waals surface area contributed by atoms with Gasteiger partial charge in [-0.25, -0.2) is 8.78 Å². The predicted octanol–water partition coefficient (Wildman–Crippen LogP) is 6.56. The van der Waals surface area contributed by atoms with Crippen LogP contribution in [-0.2, 0) is 4.79 Å². The van der Waals surface area contributed by atoms with Gasteiger partial charge in [0.2, 0.25) is 0 Å². The molecule has 1 N–H and O–H groups in total. The minimum Gasteiger partial charge on any atom is -0.481 e. The molecular formula is C25H18F2O3. The molecule has 30 heavy (non-hydrogen) atoms. The van der Waals surface area contributed by atoms with Crippen molar-refractivity contribution in [1.82, 2.24) is 0 Å². The normalized spacial score (nSPS) is 14.2. The quantitative estimate of drug-likeness (QED) is 0.524. The van der Waals surface area contributed by atoms with Crippen molar-refractivity contribution in [2.45, 2.75) is 13.3 Å². The third kappa shape index (κ3) is 4.01. The van der Waals surface area contributed by atoms with Gasteiger partial charge in [-0.15, -0.1) is 0 Å². The van der Waals surface area contributed by atoms with Crippen LogP contribution in [0.3, 0.4) is 0 Å². The Balaban J connectivity index is 1.64. The van der Waals surface area contributed by atoms with Gasteiger partial charge in [0.05, 0.1) is 6.42 Å². The number of hydrogen-bond acceptors (Lipinski definition) is 2. The lowest BCUT2D eigenvalue weighted by Gasteiger charge is -2.07. The Morgan fingerprint density at radius 3 is 2.13 bits per heavy atom. The van der Waals surface area contributed by atoms with Gasteiger partial charge in [-0.2, -0.15) is 0 Å². The molecule has 0 spiro atoms. The van der Waals surface area contributed by atoms with E-state index in [9.17, 15) is 18.7 Å². The third-order valence-corrected chi connectivity index (χ3v) is 5.02. The maximum Gasteiger partial charge on any atom is 0.307 e. The molecule has 0 bridgehead atoms. The van der Waals surface area contributed by atoms with Gasteiger partial charge in [0.25, 0.3) is 0 Å². The van der Waals surface area contributed by atoms with Crippen molar-refractivity contribution in [3.63, 3.8) is 0 Å². The zero-order valence-electron chi connectivity index (χ0n) is 16.2. The molecule has 0 radical (unpaired) electrons. The van der Waals surface area contributed by atoms with Gasteiger partial charge in [-0.05, 0) is 94.9 Å². The van der Waals surface area contributed by atoms with E-state index in [-0.39, 0.29) is 12.2 Å².